The summed E-state index contributed by atoms with van der Waals surface area (Å²) in [6.45, 7) is 7.20. The van der Waals surface area contributed by atoms with Gasteiger partial charge in [-0.15, -0.1) is 0 Å². The molecule has 3 rings (SSSR count). The van der Waals surface area contributed by atoms with Gasteiger partial charge in [-0.1, -0.05) is 23.7 Å². The van der Waals surface area contributed by atoms with Gasteiger partial charge in [-0.2, -0.15) is 0 Å². The first kappa shape index (κ1) is 17.5. The van der Waals surface area contributed by atoms with Crippen molar-refractivity contribution in [3.63, 3.8) is 0 Å². The number of aryl methyl sites for hydroxylation is 1. The van der Waals surface area contributed by atoms with Crippen molar-refractivity contribution in [2.24, 2.45) is 0 Å². The molecule has 0 radical (unpaired) electrons. The number of rotatable bonds is 4. The van der Waals surface area contributed by atoms with Crippen molar-refractivity contribution >= 4 is 29.1 Å². The van der Waals surface area contributed by atoms with Crippen LogP contribution >= 0.6 is 11.6 Å². The highest BCUT2D eigenvalue weighted by molar-refractivity contribution is 6.30. The van der Waals surface area contributed by atoms with Crippen LogP contribution in [0.4, 0.5) is 11.6 Å². The number of aromatic nitrogens is 2. The minimum Gasteiger partial charge on any atom is -0.366 e. The molecule has 2 heterocycles. The van der Waals surface area contributed by atoms with Gasteiger partial charge in [0.25, 0.3) is 0 Å². The van der Waals surface area contributed by atoms with E-state index in [-0.39, 0.29) is 5.91 Å². The van der Waals surface area contributed by atoms with Crippen LogP contribution in [0.5, 0.6) is 0 Å². The summed E-state index contributed by atoms with van der Waals surface area (Å²) in [5.41, 5.74) is 1.14. The molecule has 1 fully saturated rings. The lowest BCUT2D eigenvalue weighted by molar-refractivity contribution is -0.129. The van der Waals surface area contributed by atoms with E-state index in [1.54, 1.807) is 6.92 Å². The van der Waals surface area contributed by atoms with Gasteiger partial charge in [0.05, 0.1) is 0 Å². The normalized spacial score (nSPS) is 14.5. The molecule has 1 amide bonds. The zero-order valence-corrected chi connectivity index (χ0v) is 15.3. The average Bonchev–Trinajstić information content (AvgIpc) is 2.61. The van der Waals surface area contributed by atoms with Gasteiger partial charge in [0.1, 0.15) is 17.5 Å². The number of hydrogen-bond acceptors (Lipinski definition) is 5. The molecule has 7 heteroatoms. The van der Waals surface area contributed by atoms with Crippen molar-refractivity contribution in [2.45, 2.75) is 20.4 Å². The highest BCUT2D eigenvalue weighted by Crippen LogP contribution is 2.19. The van der Waals surface area contributed by atoms with Crippen molar-refractivity contribution in [1.29, 1.82) is 0 Å². The molecule has 0 bridgehead atoms. The van der Waals surface area contributed by atoms with Crippen LogP contribution in [0.3, 0.4) is 0 Å². The fourth-order valence-electron chi connectivity index (χ4n) is 2.85. The minimum absolute atomic E-state index is 0.129. The molecule has 1 aromatic carbocycles. The summed E-state index contributed by atoms with van der Waals surface area (Å²) in [4.78, 5) is 24.5. The second-order valence-electron chi connectivity index (χ2n) is 6.13. The monoisotopic (exact) mass is 359 g/mol. The number of nitrogens with zero attached hydrogens (tertiary/aromatic N) is 4. The lowest BCUT2D eigenvalue weighted by Gasteiger charge is -2.35. The van der Waals surface area contributed by atoms with E-state index in [0.29, 0.717) is 6.54 Å². The summed E-state index contributed by atoms with van der Waals surface area (Å²) in [6, 6.07) is 9.70. The first-order valence-corrected chi connectivity index (χ1v) is 8.73. The molecule has 132 valence electrons. The van der Waals surface area contributed by atoms with Gasteiger partial charge >= 0.3 is 0 Å². The Morgan fingerprint density at radius 1 is 1.16 bits per heavy atom. The molecular weight excluding hydrogens is 338 g/mol. The van der Waals surface area contributed by atoms with E-state index in [1.807, 2.05) is 42.2 Å². The molecule has 0 saturated carbocycles. The zero-order chi connectivity index (χ0) is 17.8. The van der Waals surface area contributed by atoms with E-state index in [1.165, 1.54) is 0 Å². The Morgan fingerprint density at radius 3 is 2.48 bits per heavy atom. The molecule has 1 aliphatic heterocycles. The number of anilines is 2. The van der Waals surface area contributed by atoms with Gasteiger partial charge < -0.3 is 15.1 Å². The van der Waals surface area contributed by atoms with Crippen LogP contribution in [0.1, 0.15) is 18.3 Å². The Hall–Kier alpha value is -2.34. The average molecular weight is 360 g/mol. The van der Waals surface area contributed by atoms with Crippen LogP contribution in [-0.2, 0) is 11.3 Å². The maximum atomic E-state index is 11.5. The van der Waals surface area contributed by atoms with E-state index in [0.717, 1.165) is 54.2 Å². The van der Waals surface area contributed by atoms with Gasteiger partial charge in [-0.25, -0.2) is 9.97 Å². The Labute approximate surface area is 152 Å². The lowest BCUT2D eigenvalue weighted by Crippen LogP contribution is -2.48. The van der Waals surface area contributed by atoms with E-state index >= 15 is 0 Å². The van der Waals surface area contributed by atoms with Gasteiger partial charge in [0.2, 0.25) is 5.91 Å². The molecule has 0 unspecified atom stereocenters. The van der Waals surface area contributed by atoms with E-state index in [4.69, 9.17) is 11.6 Å². The van der Waals surface area contributed by atoms with Crippen LogP contribution in [0.25, 0.3) is 0 Å². The maximum Gasteiger partial charge on any atom is 0.219 e. The fraction of sp³-hybridized carbons (Fsp3) is 0.389. The third kappa shape index (κ3) is 4.60. The fourth-order valence-corrected chi connectivity index (χ4v) is 2.98. The Morgan fingerprint density at radius 2 is 1.84 bits per heavy atom. The van der Waals surface area contributed by atoms with Crippen molar-refractivity contribution in [2.75, 3.05) is 36.4 Å². The Balaban J connectivity index is 1.66. The Kier molecular flexibility index (Phi) is 5.38. The molecule has 0 atom stereocenters. The largest absolute Gasteiger partial charge is 0.366 e. The third-order valence-electron chi connectivity index (χ3n) is 4.26. The highest BCUT2D eigenvalue weighted by atomic mass is 35.5. The quantitative estimate of drug-likeness (QED) is 0.909. The van der Waals surface area contributed by atoms with E-state index in [9.17, 15) is 4.79 Å². The topological polar surface area (TPSA) is 61.4 Å². The SMILES string of the molecule is CC(=O)N1CCN(c2cc(NCc3ccc(Cl)cc3)nc(C)n2)CC1. The summed E-state index contributed by atoms with van der Waals surface area (Å²) in [7, 11) is 0. The van der Waals surface area contributed by atoms with Crippen molar-refractivity contribution in [1.82, 2.24) is 14.9 Å². The number of halogens is 1. The number of carbonyl (C=O) groups is 1. The van der Waals surface area contributed by atoms with Crippen LogP contribution in [0, 0.1) is 6.92 Å². The van der Waals surface area contributed by atoms with E-state index < -0.39 is 0 Å². The number of piperazine rings is 1. The first-order chi connectivity index (χ1) is 12.0. The maximum absolute atomic E-state index is 11.5. The summed E-state index contributed by atoms with van der Waals surface area (Å²) in [5, 5.41) is 4.07. The number of hydrogen-bond donors (Lipinski definition) is 1. The second-order valence-corrected chi connectivity index (χ2v) is 6.57. The molecule has 1 aliphatic rings. The van der Waals surface area contributed by atoms with Crippen LogP contribution in [0.2, 0.25) is 5.02 Å². The van der Waals surface area contributed by atoms with Crippen LogP contribution in [0.15, 0.2) is 30.3 Å². The standard InChI is InChI=1S/C18H22ClN5O/c1-13-21-17(20-12-15-3-5-16(19)6-4-15)11-18(22-13)24-9-7-23(8-10-24)14(2)25/h3-6,11H,7-10,12H2,1-2H3,(H,20,21,22). The molecule has 1 saturated heterocycles. The van der Waals surface area contributed by atoms with Crippen molar-refractivity contribution in [3.8, 4) is 0 Å². The molecule has 1 aromatic heterocycles. The van der Waals surface area contributed by atoms with Crippen LogP contribution < -0.4 is 10.2 Å². The molecule has 1 N–H and O–H groups in total. The molecular formula is C18H22ClN5O. The smallest absolute Gasteiger partial charge is 0.219 e. The third-order valence-corrected chi connectivity index (χ3v) is 4.51. The second kappa shape index (κ2) is 7.70. The summed E-state index contributed by atoms with van der Waals surface area (Å²) < 4.78 is 0. The zero-order valence-electron chi connectivity index (χ0n) is 14.5. The van der Waals surface area contributed by atoms with Gasteiger partial charge in [0.15, 0.2) is 0 Å². The Bertz CT molecular complexity index is 742. The number of amides is 1. The van der Waals surface area contributed by atoms with Crippen molar-refractivity contribution in [3.05, 3.63) is 46.7 Å². The molecule has 25 heavy (non-hydrogen) atoms. The molecule has 2 aromatic rings. The van der Waals surface area contributed by atoms with Crippen LogP contribution in [-0.4, -0.2) is 47.0 Å². The molecule has 6 nitrogen and oxygen atoms in total. The lowest BCUT2D eigenvalue weighted by atomic mass is 10.2. The highest BCUT2D eigenvalue weighted by Gasteiger charge is 2.20. The van der Waals surface area contributed by atoms with Gasteiger partial charge in [0, 0.05) is 50.7 Å². The number of nitrogens with one attached hydrogen (secondary N) is 1. The predicted molar refractivity (Wildman–Crippen MR) is 100 cm³/mol. The first-order valence-electron chi connectivity index (χ1n) is 8.36. The summed E-state index contributed by atoms with van der Waals surface area (Å²) >= 11 is 5.92. The number of carbonyl (C=O) groups excluding carboxylic acids is 1. The number of benzene rings is 1. The predicted octanol–water partition coefficient (Wildman–Crippen LogP) is 2.72. The summed E-state index contributed by atoms with van der Waals surface area (Å²) in [6.07, 6.45) is 0. The van der Waals surface area contributed by atoms with E-state index in [2.05, 4.69) is 20.2 Å². The summed E-state index contributed by atoms with van der Waals surface area (Å²) in [5.74, 6) is 2.55. The van der Waals surface area contributed by atoms with Gasteiger partial charge in [-0.05, 0) is 24.6 Å². The minimum atomic E-state index is 0.129. The van der Waals surface area contributed by atoms with Crippen molar-refractivity contribution < 1.29 is 4.79 Å². The molecule has 0 spiro atoms. The molecule has 0 aliphatic carbocycles. The van der Waals surface area contributed by atoms with Gasteiger partial charge in [-0.3, -0.25) is 4.79 Å².